The van der Waals surface area contributed by atoms with Crippen molar-refractivity contribution in [3.8, 4) is 0 Å². The van der Waals surface area contributed by atoms with Crippen LogP contribution in [0.25, 0.3) is 0 Å². The lowest BCUT2D eigenvalue weighted by atomic mass is 10.1. The molecule has 1 aromatic carbocycles. The van der Waals surface area contributed by atoms with Crippen LogP contribution in [0.4, 0.5) is 5.69 Å². The van der Waals surface area contributed by atoms with Crippen LogP contribution >= 0.6 is 0 Å². The Hall–Kier alpha value is -2.10. The summed E-state index contributed by atoms with van der Waals surface area (Å²) < 4.78 is 1.78. The molecular weight excluding hydrogens is 238 g/mol. The van der Waals surface area contributed by atoms with E-state index in [2.05, 4.69) is 10.4 Å². The van der Waals surface area contributed by atoms with E-state index in [0.29, 0.717) is 6.42 Å². The number of benzene rings is 1. The fourth-order valence-corrected chi connectivity index (χ4v) is 1.91. The molecule has 0 atom stereocenters. The molecule has 1 N–H and O–H groups in total. The highest BCUT2D eigenvalue weighted by atomic mass is 16.1. The normalized spacial score (nSPS) is 10.4. The van der Waals surface area contributed by atoms with E-state index in [0.717, 1.165) is 29.8 Å². The predicted octanol–water partition coefficient (Wildman–Crippen LogP) is 3.02. The number of nitrogens with one attached hydrogen (secondary N) is 1. The van der Waals surface area contributed by atoms with Crippen LogP contribution < -0.4 is 5.32 Å². The van der Waals surface area contributed by atoms with E-state index < -0.39 is 0 Å². The number of rotatable bonds is 6. The molecule has 2 aromatic rings. The first kappa shape index (κ1) is 13.3. The first-order chi connectivity index (χ1) is 9.19. The molecule has 0 aliphatic carbocycles. The topological polar surface area (TPSA) is 46.9 Å². The van der Waals surface area contributed by atoms with Crippen molar-refractivity contribution in [3.05, 3.63) is 47.8 Å². The minimum absolute atomic E-state index is 0.210. The zero-order valence-corrected chi connectivity index (χ0v) is 11.4. The molecule has 0 bridgehead atoms. The van der Waals surface area contributed by atoms with Crippen molar-refractivity contribution < 1.29 is 4.79 Å². The van der Waals surface area contributed by atoms with Crippen LogP contribution in [0.1, 0.15) is 35.7 Å². The molecule has 0 aliphatic rings. The summed E-state index contributed by atoms with van der Waals surface area (Å²) in [5.74, 6) is 0.210. The number of nitrogens with zero attached hydrogens (tertiary/aromatic N) is 2. The van der Waals surface area contributed by atoms with Gasteiger partial charge in [0.1, 0.15) is 0 Å². The monoisotopic (exact) mass is 257 g/mol. The van der Waals surface area contributed by atoms with Gasteiger partial charge in [-0.1, -0.05) is 6.92 Å². The number of carbonyl (C=O) groups is 1. The SMILES string of the molecule is CCCC(=O)c1ccc(NCc2cnn(C)c2)cc1. The Bertz CT molecular complexity index is 543. The van der Waals surface area contributed by atoms with Gasteiger partial charge in [0.15, 0.2) is 5.78 Å². The highest BCUT2D eigenvalue weighted by molar-refractivity contribution is 5.96. The molecule has 1 aromatic heterocycles. The molecule has 2 rings (SSSR count). The van der Waals surface area contributed by atoms with Crippen LogP contribution in [0.15, 0.2) is 36.7 Å². The fraction of sp³-hybridized carbons (Fsp3) is 0.333. The van der Waals surface area contributed by atoms with Crippen molar-refractivity contribution >= 4 is 11.5 Å². The van der Waals surface area contributed by atoms with Crippen molar-refractivity contribution in [1.29, 1.82) is 0 Å². The zero-order chi connectivity index (χ0) is 13.7. The van der Waals surface area contributed by atoms with E-state index >= 15 is 0 Å². The van der Waals surface area contributed by atoms with Crippen LogP contribution in [0.5, 0.6) is 0 Å². The Kier molecular flexibility index (Phi) is 4.34. The summed E-state index contributed by atoms with van der Waals surface area (Å²) in [6.45, 7) is 2.75. The van der Waals surface area contributed by atoms with Crippen molar-refractivity contribution in [2.75, 3.05) is 5.32 Å². The number of Topliss-reactive ketones (excluding diaryl/α,β-unsaturated/α-hetero) is 1. The van der Waals surface area contributed by atoms with E-state index in [1.165, 1.54) is 0 Å². The molecule has 0 unspecified atom stereocenters. The largest absolute Gasteiger partial charge is 0.381 e. The molecule has 100 valence electrons. The summed E-state index contributed by atoms with van der Waals surface area (Å²) in [6.07, 6.45) is 5.32. The molecule has 0 fully saturated rings. The molecule has 4 nitrogen and oxygen atoms in total. The maximum atomic E-state index is 11.7. The molecular formula is C15H19N3O. The van der Waals surface area contributed by atoms with E-state index in [-0.39, 0.29) is 5.78 Å². The number of aromatic nitrogens is 2. The second-order valence-corrected chi connectivity index (χ2v) is 4.63. The van der Waals surface area contributed by atoms with Crippen LogP contribution in [0, 0.1) is 0 Å². The van der Waals surface area contributed by atoms with E-state index in [1.54, 1.807) is 4.68 Å². The lowest BCUT2D eigenvalue weighted by Crippen LogP contribution is -2.01. The summed E-state index contributed by atoms with van der Waals surface area (Å²) in [7, 11) is 1.90. The maximum absolute atomic E-state index is 11.7. The van der Waals surface area contributed by atoms with E-state index in [4.69, 9.17) is 0 Å². The van der Waals surface area contributed by atoms with Gasteiger partial charge in [-0.2, -0.15) is 5.10 Å². The number of hydrogen-bond acceptors (Lipinski definition) is 3. The van der Waals surface area contributed by atoms with Crippen LogP contribution in [-0.4, -0.2) is 15.6 Å². The van der Waals surface area contributed by atoms with Gasteiger partial charge < -0.3 is 5.32 Å². The van der Waals surface area contributed by atoms with Crippen molar-refractivity contribution in [2.45, 2.75) is 26.3 Å². The average molecular weight is 257 g/mol. The second kappa shape index (κ2) is 6.18. The van der Waals surface area contributed by atoms with Gasteiger partial charge >= 0.3 is 0 Å². The lowest BCUT2D eigenvalue weighted by molar-refractivity contribution is 0.0982. The summed E-state index contributed by atoms with van der Waals surface area (Å²) in [6, 6.07) is 7.64. The molecule has 0 aliphatic heterocycles. The smallest absolute Gasteiger partial charge is 0.162 e. The van der Waals surface area contributed by atoms with Gasteiger partial charge in [-0.05, 0) is 30.7 Å². The predicted molar refractivity (Wildman–Crippen MR) is 76.2 cm³/mol. The van der Waals surface area contributed by atoms with Gasteiger partial charge in [0.05, 0.1) is 6.20 Å². The van der Waals surface area contributed by atoms with Crippen molar-refractivity contribution in [3.63, 3.8) is 0 Å². The molecule has 0 radical (unpaired) electrons. The van der Waals surface area contributed by atoms with Gasteiger partial charge in [0.25, 0.3) is 0 Å². The average Bonchev–Trinajstić information content (AvgIpc) is 2.83. The van der Waals surface area contributed by atoms with Gasteiger partial charge in [-0.25, -0.2) is 0 Å². The van der Waals surface area contributed by atoms with E-state index in [9.17, 15) is 4.79 Å². The molecule has 0 spiro atoms. The molecule has 0 amide bonds. The highest BCUT2D eigenvalue weighted by Crippen LogP contribution is 2.13. The molecule has 0 saturated heterocycles. The van der Waals surface area contributed by atoms with Gasteiger partial charge in [-0.15, -0.1) is 0 Å². The Balaban J connectivity index is 1.93. The molecule has 0 saturated carbocycles. The zero-order valence-electron chi connectivity index (χ0n) is 11.4. The number of anilines is 1. The number of aryl methyl sites for hydroxylation is 1. The van der Waals surface area contributed by atoms with Crippen molar-refractivity contribution in [2.24, 2.45) is 7.05 Å². The first-order valence-electron chi connectivity index (χ1n) is 6.53. The fourth-order valence-electron chi connectivity index (χ4n) is 1.91. The Morgan fingerprint density at radius 3 is 2.63 bits per heavy atom. The maximum Gasteiger partial charge on any atom is 0.162 e. The third kappa shape index (κ3) is 3.68. The summed E-state index contributed by atoms with van der Waals surface area (Å²) >= 11 is 0. The van der Waals surface area contributed by atoms with Crippen LogP contribution in [0.3, 0.4) is 0 Å². The summed E-state index contributed by atoms with van der Waals surface area (Å²) in [5, 5.41) is 7.43. The van der Waals surface area contributed by atoms with Crippen LogP contribution in [0.2, 0.25) is 0 Å². The number of ketones is 1. The molecule has 1 heterocycles. The van der Waals surface area contributed by atoms with E-state index in [1.807, 2.05) is 50.6 Å². The minimum atomic E-state index is 0.210. The van der Waals surface area contributed by atoms with Gasteiger partial charge in [0, 0.05) is 43.0 Å². The Morgan fingerprint density at radius 1 is 1.32 bits per heavy atom. The quantitative estimate of drug-likeness (QED) is 0.809. The first-order valence-corrected chi connectivity index (χ1v) is 6.53. The third-order valence-corrected chi connectivity index (χ3v) is 2.94. The summed E-state index contributed by atoms with van der Waals surface area (Å²) in [5.41, 5.74) is 2.93. The number of hydrogen-bond donors (Lipinski definition) is 1. The third-order valence-electron chi connectivity index (χ3n) is 2.94. The standard InChI is InChI=1S/C15H19N3O/c1-3-4-15(19)13-5-7-14(8-6-13)16-9-12-10-17-18(2)11-12/h5-8,10-11,16H,3-4,9H2,1-2H3. The Morgan fingerprint density at radius 2 is 2.05 bits per heavy atom. The lowest BCUT2D eigenvalue weighted by Gasteiger charge is -2.05. The molecule has 19 heavy (non-hydrogen) atoms. The van der Waals surface area contributed by atoms with Crippen molar-refractivity contribution in [1.82, 2.24) is 9.78 Å². The minimum Gasteiger partial charge on any atom is -0.381 e. The highest BCUT2D eigenvalue weighted by Gasteiger charge is 2.04. The number of carbonyl (C=O) groups excluding carboxylic acids is 1. The van der Waals surface area contributed by atoms with Gasteiger partial charge in [-0.3, -0.25) is 9.48 Å². The van der Waals surface area contributed by atoms with Crippen LogP contribution in [-0.2, 0) is 13.6 Å². The summed E-state index contributed by atoms with van der Waals surface area (Å²) in [4.78, 5) is 11.7. The van der Waals surface area contributed by atoms with Gasteiger partial charge in [0.2, 0.25) is 0 Å². The second-order valence-electron chi connectivity index (χ2n) is 4.63. The Labute approximate surface area is 113 Å². The molecule has 4 heteroatoms.